The number of nitrogens with zero attached hydrogens (tertiary/aromatic N) is 1. The number of phenolic OH excluding ortho intramolecular Hbond substituents is 2. The lowest BCUT2D eigenvalue weighted by molar-refractivity contribution is 0.228. The molecule has 5 nitrogen and oxygen atoms in total. The highest BCUT2D eigenvalue weighted by atomic mass is 19.1. The van der Waals surface area contributed by atoms with Gasteiger partial charge in [-0.2, -0.15) is 0 Å². The second kappa shape index (κ2) is 10.2. The predicted octanol–water partition coefficient (Wildman–Crippen LogP) is 5.97. The highest BCUT2D eigenvalue weighted by molar-refractivity contribution is 5.95. The lowest BCUT2D eigenvalue weighted by Crippen LogP contribution is -2.26. The molecule has 0 aliphatic carbocycles. The van der Waals surface area contributed by atoms with Crippen molar-refractivity contribution in [1.29, 1.82) is 0 Å². The van der Waals surface area contributed by atoms with E-state index < -0.39 is 17.7 Å². The van der Waals surface area contributed by atoms with Crippen LogP contribution in [-0.2, 0) is 0 Å². The van der Waals surface area contributed by atoms with E-state index in [0.29, 0.717) is 17.9 Å². The first kappa shape index (κ1) is 24.1. The van der Waals surface area contributed by atoms with E-state index in [0.717, 1.165) is 54.1 Å². The quantitative estimate of drug-likeness (QED) is 0.425. The van der Waals surface area contributed by atoms with Crippen LogP contribution < -0.4 is 9.47 Å². The normalized spacial score (nSPS) is 19.8. The van der Waals surface area contributed by atoms with Gasteiger partial charge in [-0.15, -0.1) is 0 Å². The molecule has 2 N–H and O–H groups in total. The molecule has 5 rings (SSSR count). The van der Waals surface area contributed by atoms with Gasteiger partial charge in [-0.25, -0.2) is 4.39 Å². The summed E-state index contributed by atoms with van der Waals surface area (Å²) < 4.78 is 38.9. The van der Waals surface area contributed by atoms with Crippen LogP contribution in [-0.4, -0.2) is 48.0 Å². The van der Waals surface area contributed by atoms with Crippen LogP contribution in [0.1, 0.15) is 36.1 Å². The van der Waals surface area contributed by atoms with Crippen molar-refractivity contribution in [3.05, 3.63) is 83.2 Å². The Balaban J connectivity index is 1.38. The Morgan fingerprint density at radius 3 is 2.58 bits per heavy atom. The minimum Gasteiger partial charge on any atom is -0.508 e. The number of halogens is 2. The highest BCUT2D eigenvalue weighted by Crippen LogP contribution is 2.48. The SMILES string of the molecule is CC1=C(c2ccc(F)c(O)c2)C(c2ccc(OCCN3CCC(CF)C3)cc2)Oc2cc(O)ccc21. The van der Waals surface area contributed by atoms with Crippen molar-refractivity contribution in [2.45, 2.75) is 19.4 Å². The van der Waals surface area contributed by atoms with Crippen LogP contribution >= 0.6 is 0 Å². The van der Waals surface area contributed by atoms with Crippen molar-refractivity contribution in [2.24, 2.45) is 5.92 Å². The molecule has 1 saturated heterocycles. The monoisotopic (exact) mass is 493 g/mol. The number of hydrogen-bond acceptors (Lipinski definition) is 5. The first-order valence-electron chi connectivity index (χ1n) is 12.1. The Bertz CT molecular complexity index is 1270. The molecule has 0 spiro atoms. The number of alkyl halides is 1. The van der Waals surface area contributed by atoms with Crippen molar-refractivity contribution in [3.8, 4) is 23.0 Å². The predicted molar refractivity (Wildman–Crippen MR) is 134 cm³/mol. The molecule has 2 atom stereocenters. The van der Waals surface area contributed by atoms with Crippen LogP contribution in [0, 0.1) is 11.7 Å². The second-order valence-electron chi connectivity index (χ2n) is 9.41. The van der Waals surface area contributed by atoms with E-state index in [2.05, 4.69) is 4.90 Å². The maximum Gasteiger partial charge on any atom is 0.164 e. The Labute approximate surface area is 209 Å². The molecule has 0 amide bonds. The molecule has 0 saturated carbocycles. The molecule has 3 aromatic carbocycles. The first-order chi connectivity index (χ1) is 17.4. The molecule has 3 aromatic rings. The van der Waals surface area contributed by atoms with Gasteiger partial charge in [0.25, 0.3) is 0 Å². The molecule has 188 valence electrons. The van der Waals surface area contributed by atoms with Crippen LogP contribution in [0.4, 0.5) is 8.78 Å². The summed E-state index contributed by atoms with van der Waals surface area (Å²) in [7, 11) is 0. The Hall–Kier alpha value is -3.58. The molecule has 1 fully saturated rings. The third-order valence-corrected chi connectivity index (χ3v) is 6.98. The van der Waals surface area contributed by atoms with Gasteiger partial charge in [0.2, 0.25) is 0 Å². The van der Waals surface area contributed by atoms with E-state index in [1.807, 2.05) is 31.2 Å². The molecular formula is C29H29F2NO4. The van der Waals surface area contributed by atoms with Gasteiger partial charge in [-0.05, 0) is 73.0 Å². The van der Waals surface area contributed by atoms with E-state index in [9.17, 15) is 19.0 Å². The summed E-state index contributed by atoms with van der Waals surface area (Å²) >= 11 is 0. The summed E-state index contributed by atoms with van der Waals surface area (Å²) in [4.78, 5) is 2.22. The van der Waals surface area contributed by atoms with Crippen LogP contribution in [0.15, 0.2) is 60.7 Å². The Kier molecular flexibility index (Phi) is 6.83. The lowest BCUT2D eigenvalue weighted by Gasteiger charge is -2.31. The third-order valence-electron chi connectivity index (χ3n) is 6.98. The number of ether oxygens (including phenoxy) is 2. The van der Waals surface area contributed by atoms with Crippen LogP contribution in [0.25, 0.3) is 11.1 Å². The standard InChI is InChI=1S/C29H29F2NO4/c1-18-24-8-5-22(33)15-27(24)36-29(28(18)21-4-9-25(31)26(34)14-21)20-2-6-23(7-3-20)35-13-12-32-11-10-19(16-30)17-32/h2-9,14-15,19,29,33-34H,10-13,16-17H2,1H3. The molecule has 2 aliphatic heterocycles. The molecule has 7 heteroatoms. The number of hydrogen-bond donors (Lipinski definition) is 2. The fraction of sp³-hybridized carbons (Fsp3) is 0.310. The van der Waals surface area contributed by atoms with Crippen molar-refractivity contribution >= 4 is 11.1 Å². The zero-order valence-corrected chi connectivity index (χ0v) is 20.1. The summed E-state index contributed by atoms with van der Waals surface area (Å²) in [6.07, 6.45) is 0.356. The molecule has 36 heavy (non-hydrogen) atoms. The van der Waals surface area contributed by atoms with Gasteiger partial charge in [-0.3, -0.25) is 9.29 Å². The molecule has 0 aromatic heterocycles. The fourth-order valence-corrected chi connectivity index (χ4v) is 5.00. The van der Waals surface area contributed by atoms with E-state index in [-0.39, 0.29) is 18.3 Å². The maximum absolute atomic E-state index is 13.8. The summed E-state index contributed by atoms with van der Waals surface area (Å²) in [6.45, 7) is 4.64. The Morgan fingerprint density at radius 1 is 1.06 bits per heavy atom. The number of likely N-dealkylation sites (tertiary alicyclic amines) is 1. The fourth-order valence-electron chi connectivity index (χ4n) is 5.00. The van der Waals surface area contributed by atoms with Crippen molar-refractivity contribution in [1.82, 2.24) is 4.90 Å². The van der Waals surface area contributed by atoms with Crippen molar-refractivity contribution < 1.29 is 28.5 Å². The molecular weight excluding hydrogens is 464 g/mol. The van der Waals surface area contributed by atoms with Crippen LogP contribution in [0.5, 0.6) is 23.0 Å². The van der Waals surface area contributed by atoms with E-state index in [1.165, 1.54) is 12.1 Å². The zero-order valence-electron chi connectivity index (χ0n) is 20.1. The van der Waals surface area contributed by atoms with E-state index in [4.69, 9.17) is 9.47 Å². The summed E-state index contributed by atoms with van der Waals surface area (Å²) in [6, 6.07) is 16.8. The van der Waals surface area contributed by atoms with E-state index >= 15 is 0 Å². The third kappa shape index (κ3) is 4.88. The Morgan fingerprint density at radius 2 is 1.86 bits per heavy atom. The minimum atomic E-state index is -0.689. The van der Waals surface area contributed by atoms with Gasteiger partial charge in [0.05, 0.1) is 6.67 Å². The summed E-state index contributed by atoms with van der Waals surface area (Å²) in [5, 5.41) is 20.0. The van der Waals surface area contributed by atoms with Gasteiger partial charge in [-0.1, -0.05) is 18.2 Å². The molecule has 0 radical (unpaired) electrons. The molecule has 2 unspecified atom stereocenters. The number of benzene rings is 3. The topological polar surface area (TPSA) is 62.2 Å². The number of fused-ring (bicyclic) bond motifs is 1. The minimum absolute atomic E-state index is 0.0998. The number of aromatic hydroxyl groups is 2. The average Bonchev–Trinajstić information content (AvgIpc) is 3.34. The highest BCUT2D eigenvalue weighted by Gasteiger charge is 2.30. The van der Waals surface area contributed by atoms with Crippen LogP contribution in [0.2, 0.25) is 0 Å². The van der Waals surface area contributed by atoms with Crippen molar-refractivity contribution in [3.63, 3.8) is 0 Å². The van der Waals surface area contributed by atoms with Gasteiger partial charge >= 0.3 is 0 Å². The number of phenols is 2. The lowest BCUT2D eigenvalue weighted by atomic mass is 9.86. The van der Waals surface area contributed by atoms with E-state index in [1.54, 1.807) is 24.3 Å². The number of rotatable bonds is 7. The zero-order chi connectivity index (χ0) is 25.2. The van der Waals surface area contributed by atoms with Gasteiger partial charge in [0.1, 0.15) is 30.0 Å². The van der Waals surface area contributed by atoms with Gasteiger partial charge in [0.15, 0.2) is 11.6 Å². The molecule has 2 aliphatic rings. The molecule has 2 heterocycles. The summed E-state index contributed by atoms with van der Waals surface area (Å²) in [5.41, 5.74) is 4.02. The van der Waals surface area contributed by atoms with Crippen LogP contribution in [0.3, 0.4) is 0 Å². The first-order valence-corrected chi connectivity index (χ1v) is 12.1. The van der Waals surface area contributed by atoms with Gasteiger partial charge in [0, 0.05) is 36.2 Å². The summed E-state index contributed by atoms with van der Waals surface area (Å²) in [5.74, 6) is 0.387. The molecule has 0 bridgehead atoms. The van der Waals surface area contributed by atoms with Gasteiger partial charge < -0.3 is 19.7 Å². The average molecular weight is 494 g/mol. The number of allylic oxidation sites excluding steroid dienone is 1. The van der Waals surface area contributed by atoms with Crippen molar-refractivity contribution in [2.75, 3.05) is 32.9 Å². The smallest absolute Gasteiger partial charge is 0.164 e. The largest absolute Gasteiger partial charge is 0.508 e. The second-order valence-corrected chi connectivity index (χ2v) is 9.41. The maximum atomic E-state index is 13.8.